The highest BCUT2D eigenvalue weighted by Crippen LogP contribution is 2.36. The number of ether oxygens (including phenoxy) is 1. The molecule has 1 unspecified atom stereocenters. The average molecular weight is 437 g/mol. The zero-order valence-corrected chi connectivity index (χ0v) is 19.9. The first-order valence-electron chi connectivity index (χ1n) is 12.0. The van der Waals surface area contributed by atoms with Gasteiger partial charge in [-0.1, -0.05) is 24.6 Å². The first kappa shape index (κ1) is 21.4. The first-order chi connectivity index (χ1) is 15.2. The average Bonchev–Trinajstić information content (AvgIpc) is 2.77. The predicted molar refractivity (Wildman–Crippen MR) is 130 cm³/mol. The van der Waals surface area contributed by atoms with Crippen molar-refractivity contribution in [1.29, 1.82) is 0 Å². The summed E-state index contributed by atoms with van der Waals surface area (Å²) in [4.78, 5) is 6.49. The predicted octanol–water partition coefficient (Wildman–Crippen LogP) is 5.63. The summed E-state index contributed by atoms with van der Waals surface area (Å²) >= 11 is 1.81. The molecule has 2 aromatic carbocycles. The smallest absolute Gasteiger partial charge is 0.119 e. The van der Waals surface area contributed by atoms with Crippen LogP contribution in [0.2, 0.25) is 0 Å². The second-order valence-corrected chi connectivity index (χ2v) is 10.6. The zero-order valence-electron chi connectivity index (χ0n) is 19.1. The van der Waals surface area contributed by atoms with E-state index in [0.29, 0.717) is 11.8 Å². The van der Waals surface area contributed by atoms with E-state index in [2.05, 4.69) is 65.6 Å². The van der Waals surface area contributed by atoms with Crippen molar-refractivity contribution in [1.82, 2.24) is 9.80 Å². The Balaban J connectivity index is 1.22. The van der Waals surface area contributed by atoms with E-state index in [1.54, 1.807) is 11.8 Å². The van der Waals surface area contributed by atoms with Crippen molar-refractivity contribution < 1.29 is 4.74 Å². The lowest BCUT2D eigenvalue weighted by molar-refractivity contribution is 0.0708. The molecule has 2 aromatic rings. The number of likely N-dealkylation sites (tertiary alicyclic amines) is 1. The number of nitrogens with zero attached hydrogens (tertiary/aromatic N) is 2. The maximum Gasteiger partial charge on any atom is 0.119 e. The molecule has 31 heavy (non-hydrogen) atoms. The van der Waals surface area contributed by atoms with E-state index in [4.69, 9.17) is 4.74 Å². The summed E-state index contributed by atoms with van der Waals surface area (Å²) in [6, 6.07) is 16.8. The molecule has 0 bridgehead atoms. The van der Waals surface area contributed by atoms with Gasteiger partial charge in [0.1, 0.15) is 5.75 Å². The highest BCUT2D eigenvalue weighted by atomic mass is 32.2. The van der Waals surface area contributed by atoms with Crippen LogP contribution in [0.4, 0.5) is 0 Å². The van der Waals surface area contributed by atoms with Crippen molar-refractivity contribution in [2.75, 3.05) is 39.5 Å². The Hall–Kier alpha value is -1.49. The molecule has 1 saturated carbocycles. The van der Waals surface area contributed by atoms with Crippen LogP contribution in [0.3, 0.4) is 0 Å². The maximum absolute atomic E-state index is 6.31. The third kappa shape index (κ3) is 4.81. The van der Waals surface area contributed by atoms with Crippen LogP contribution in [0, 0.1) is 5.92 Å². The Labute approximate surface area is 192 Å². The Kier molecular flexibility index (Phi) is 6.59. The summed E-state index contributed by atoms with van der Waals surface area (Å²) in [5, 5.41) is 0. The van der Waals surface area contributed by atoms with Crippen molar-refractivity contribution in [3.63, 3.8) is 0 Å². The van der Waals surface area contributed by atoms with Crippen LogP contribution in [0.15, 0.2) is 47.4 Å². The number of hydrogen-bond acceptors (Lipinski definition) is 4. The van der Waals surface area contributed by atoms with Gasteiger partial charge in [-0.25, -0.2) is 0 Å². The summed E-state index contributed by atoms with van der Waals surface area (Å²) in [6.45, 7) is 5.49. The van der Waals surface area contributed by atoms with Crippen molar-refractivity contribution >= 4 is 11.8 Å². The van der Waals surface area contributed by atoms with Gasteiger partial charge in [0.15, 0.2) is 0 Å². The molecule has 0 N–H and O–H groups in total. The molecule has 1 atom stereocenters. The van der Waals surface area contributed by atoms with Crippen LogP contribution in [0.1, 0.15) is 54.7 Å². The minimum atomic E-state index is 0.439. The Morgan fingerprint density at radius 1 is 1.00 bits per heavy atom. The molecule has 1 saturated heterocycles. The summed E-state index contributed by atoms with van der Waals surface area (Å²) in [5.41, 5.74) is 4.30. The number of thioether (sulfide) groups is 1. The molecule has 0 aromatic heterocycles. The third-order valence-corrected chi connectivity index (χ3v) is 8.41. The van der Waals surface area contributed by atoms with E-state index in [9.17, 15) is 0 Å². The Bertz CT molecular complexity index is 871. The number of likely N-dealkylation sites (N-methyl/N-ethyl adjacent to an activating group) is 1. The molecule has 2 fully saturated rings. The number of hydrogen-bond donors (Lipinski definition) is 0. The zero-order chi connectivity index (χ0) is 21.2. The summed E-state index contributed by atoms with van der Waals surface area (Å²) in [7, 11) is 2.23. The number of piperidine rings is 1. The van der Waals surface area contributed by atoms with Crippen LogP contribution < -0.4 is 4.74 Å². The Morgan fingerprint density at radius 2 is 1.77 bits per heavy atom. The Morgan fingerprint density at radius 3 is 2.45 bits per heavy atom. The topological polar surface area (TPSA) is 15.7 Å². The third-order valence-electron chi connectivity index (χ3n) is 7.67. The van der Waals surface area contributed by atoms with E-state index < -0.39 is 0 Å². The quantitative estimate of drug-likeness (QED) is 0.545. The molecule has 0 radical (unpaired) electrons. The first-order valence-corrected chi connectivity index (χ1v) is 13.2. The summed E-state index contributed by atoms with van der Waals surface area (Å²) in [5.74, 6) is 2.19. The molecule has 0 amide bonds. The van der Waals surface area contributed by atoms with E-state index in [0.717, 1.165) is 31.5 Å². The van der Waals surface area contributed by atoms with Crippen molar-refractivity contribution in [3.8, 4) is 5.75 Å². The molecule has 1 aliphatic carbocycles. The van der Waals surface area contributed by atoms with Crippen LogP contribution in [0.25, 0.3) is 0 Å². The van der Waals surface area contributed by atoms with Gasteiger partial charge in [0.2, 0.25) is 0 Å². The van der Waals surface area contributed by atoms with E-state index >= 15 is 0 Å². The fourth-order valence-electron chi connectivity index (χ4n) is 5.49. The number of benzene rings is 2. The van der Waals surface area contributed by atoms with Gasteiger partial charge in [-0.3, -0.25) is 0 Å². The van der Waals surface area contributed by atoms with E-state index in [1.807, 2.05) is 0 Å². The molecular formula is C27H36N2OS. The lowest BCUT2D eigenvalue weighted by Crippen LogP contribution is -2.45. The molecule has 2 heterocycles. The van der Waals surface area contributed by atoms with Gasteiger partial charge in [-0.05, 0) is 98.9 Å². The van der Waals surface area contributed by atoms with Crippen LogP contribution in [-0.4, -0.2) is 55.4 Å². The van der Waals surface area contributed by atoms with E-state index in [-0.39, 0.29) is 0 Å². The number of fused-ring (bicyclic) bond motifs is 1. The SMILES string of the molecule is CSc1ccc(C2CN(C)Cc3cc(OCC4CCN(C5CCC5)CC4)ccc32)cc1. The van der Waals surface area contributed by atoms with Gasteiger partial charge in [0.25, 0.3) is 0 Å². The van der Waals surface area contributed by atoms with Crippen LogP contribution >= 0.6 is 11.8 Å². The minimum Gasteiger partial charge on any atom is -0.493 e. The number of rotatable bonds is 6. The fourth-order valence-corrected chi connectivity index (χ4v) is 5.89. The van der Waals surface area contributed by atoms with Gasteiger partial charge in [0.05, 0.1) is 6.61 Å². The van der Waals surface area contributed by atoms with Crippen LogP contribution in [0.5, 0.6) is 5.75 Å². The maximum atomic E-state index is 6.31. The van der Waals surface area contributed by atoms with Crippen molar-refractivity contribution in [2.45, 2.75) is 55.5 Å². The van der Waals surface area contributed by atoms with Crippen LogP contribution in [-0.2, 0) is 6.54 Å². The normalized spacial score (nSPS) is 23.4. The highest BCUT2D eigenvalue weighted by molar-refractivity contribution is 7.98. The largest absolute Gasteiger partial charge is 0.493 e. The molecule has 0 spiro atoms. The van der Waals surface area contributed by atoms with Crippen molar-refractivity contribution in [2.24, 2.45) is 5.92 Å². The van der Waals surface area contributed by atoms with Gasteiger partial charge < -0.3 is 14.5 Å². The molecule has 2 aliphatic heterocycles. The molecule has 166 valence electrons. The lowest BCUT2D eigenvalue weighted by atomic mass is 9.85. The second kappa shape index (κ2) is 9.56. The van der Waals surface area contributed by atoms with Gasteiger partial charge >= 0.3 is 0 Å². The molecule has 5 rings (SSSR count). The van der Waals surface area contributed by atoms with Gasteiger partial charge in [-0.2, -0.15) is 0 Å². The fraction of sp³-hybridized carbons (Fsp3) is 0.556. The molecule has 4 heteroatoms. The van der Waals surface area contributed by atoms with Gasteiger partial charge in [0, 0.05) is 29.9 Å². The molecule has 3 nitrogen and oxygen atoms in total. The standard InChI is InChI=1S/C27H36N2OS/c1-28-17-22-16-24(30-19-20-12-14-29(15-13-20)23-4-3-5-23)8-11-26(22)27(18-28)21-6-9-25(31-2)10-7-21/h6-11,16,20,23,27H,3-5,12-15,17-19H2,1-2H3. The molecule has 3 aliphatic rings. The summed E-state index contributed by atoms with van der Waals surface area (Å²) in [6.07, 6.45) is 9.00. The highest BCUT2D eigenvalue weighted by Gasteiger charge is 2.29. The second-order valence-electron chi connectivity index (χ2n) is 9.76. The summed E-state index contributed by atoms with van der Waals surface area (Å²) < 4.78 is 6.31. The van der Waals surface area contributed by atoms with Gasteiger partial charge in [-0.15, -0.1) is 11.8 Å². The lowest BCUT2D eigenvalue weighted by Gasteiger charge is -2.41. The monoisotopic (exact) mass is 436 g/mol. The van der Waals surface area contributed by atoms with Crippen molar-refractivity contribution in [3.05, 3.63) is 59.2 Å². The van der Waals surface area contributed by atoms with E-state index in [1.165, 1.54) is 66.8 Å². The minimum absolute atomic E-state index is 0.439. The molecular weight excluding hydrogens is 400 g/mol.